The quantitative estimate of drug-likeness (QED) is 0.915. The Balaban J connectivity index is 2.13. The number of nitrogens with zero attached hydrogens (tertiary/aromatic N) is 3. The van der Waals surface area contributed by atoms with Crippen molar-refractivity contribution in [2.24, 2.45) is 12.5 Å². The van der Waals surface area contributed by atoms with E-state index < -0.39 is 0 Å². The molecule has 0 aromatic carbocycles. The number of aliphatic hydroxyl groups excluding tert-OH is 1. The molecule has 1 saturated heterocycles. The van der Waals surface area contributed by atoms with Gasteiger partial charge in [-0.1, -0.05) is 6.92 Å². The molecule has 0 atom stereocenters. The third-order valence-corrected chi connectivity index (χ3v) is 4.92. The SMILES string of the molecule is CCC1(CO)CCN(C(=O)c2c(C)nn(C)c2C)CC1. The van der Waals surface area contributed by atoms with Crippen molar-refractivity contribution in [3.63, 3.8) is 0 Å². The summed E-state index contributed by atoms with van der Waals surface area (Å²) >= 11 is 0. The van der Waals surface area contributed by atoms with E-state index in [0.29, 0.717) is 0 Å². The summed E-state index contributed by atoms with van der Waals surface area (Å²) in [4.78, 5) is 14.6. The smallest absolute Gasteiger partial charge is 0.257 e. The number of carbonyl (C=O) groups excluding carboxylic acids is 1. The monoisotopic (exact) mass is 279 g/mol. The highest BCUT2D eigenvalue weighted by Crippen LogP contribution is 2.34. The van der Waals surface area contributed by atoms with Gasteiger partial charge in [0.05, 0.1) is 11.3 Å². The topological polar surface area (TPSA) is 58.4 Å². The van der Waals surface area contributed by atoms with Crippen molar-refractivity contribution >= 4 is 5.91 Å². The second kappa shape index (κ2) is 5.56. The van der Waals surface area contributed by atoms with Gasteiger partial charge in [0.15, 0.2) is 0 Å². The van der Waals surface area contributed by atoms with Crippen LogP contribution in [-0.4, -0.2) is 45.4 Å². The molecule has 0 spiro atoms. The fourth-order valence-electron chi connectivity index (χ4n) is 3.05. The molecular weight excluding hydrogens is 254 g/mol. The zero-order chi connectivity index (χ0) is 14.9. The van der Waals surface area contributed by atoms with Crippen molar-refractivity contribution in [3.05, 3.63) is 17.0 Å². The fourth-order valence-corrected chi connectivity index (χ4v) is 3.05. The van der Waals surface area contributed by atoms with Gasteiger partial charge in [-0.05, 0) is 38.5 Å². The average molecular weight is 279 g/mol. The van der Waals surface area contributed by atoms with E-state index in [0.717, 1.165) is 49.3 Å². The van der Waals surface area contributed by atoms with E-state index in [1.54, 1.807) is 4.68 Å². The lowest BCUT2D eigenvalue weighted by Gasteiger charge is -2.40. The normalized spacial score (nSPS) is 18.4. The molecule has 0 bridgehead atoms. The van der Waals surface area contributed by atoms with Crippen LogP contribution >= 0.6 is 0 Å². The Hall–Kier alpha value is -1.36. The van der Waals surface area contributed by atoms with Gasteiger partial charge in [0.1, 0.15) is 0 Å². The molecule has 1 aliphatic heterocycles. The Morgan fingerprint density at radius 3 is 2.35 bits per heavy atom. The van der Waals surface area contributed by atoms with Gasteiger partial charge in [0, 0.05) is 32.4 Å². The zero-order valence-corrected chi connectivity index (χ0v) is 12.9. The highest BCUT2D eigenvalue weighted by Gasteiger charge is 2.35. The van der Waals surface area contributed by atoms with Crippen LogP contribution in [0.5, 0.6) is 0 Å². The summed E-state index contributed by atoms with van der Waals surface area (Å²) in [6, 6.07) is 0. The summed E-state index contributed by atoms with van der Waals surface area (Å²) in [7, 11) is 1.86. The van der Waals surface area contributed by atoms with Gasteiger partial charge in [-0.15, -0.1) is 0 Å². The molecule has 1 fully saturated rings. The first kappa shape index (κ1) is 15.0. The number of aryl methyl sites for hydroxylation is 2. The molecular formula is C15H25N3O2. The van der Waals surface area contributed by atoms with Crippen LogP contribution in [-0.2, 0) is 7.05 Å². The number of hydrogen-bond donors (Lipinski definition) is 1. The molecule has 1 N–H and O–H groups in total. The lowest BCUT2D eigenvalue weighted by atomic mass is 9.77. The Bertz CT molecular complexity index is 493. The van der Waals surface area contributed by atoms with Crippen molar-refractivity contribution in [1.82, 2.24) is 14.7 Å². The number of aromatic nitrogens is 2. The number of likely N-dealkylation sites (tertiary alicyclic amines) is 1. The Labute approximate surface area is 120 Å². The first-order valence-electron chi connectivity index (χ1n) is 7.34. The molecule has 2 rings (SSSR count). The number of amides is 1. The van der Waals surface area contributed by atoms with Crippen LogP contribution in [0.15, 0.2) is 0 Å². The number of piperidine rings is 1. The Morgan fingerprint density at radius 2 is 1.95 bits per heavy atom. The van der Waals surface area contributed by atoms with Crippen LogP contribution in [0.2, 0.25) is 0 Å². The molecule has 5 heteroatoms. The molecule has 0 saturated carbocycles. The first-order chi connectivity index (χ1) is 9.44. The van der Waals surface area contributed by atoms with Crippen LogP contribution in [0, 0.1) is 19.3 Å². The average Bonchev–Trinajstić information content (AvgIpc) is 2.71. The van der Waals surface area contributed by atoms with Crippen molar-refractivity contribution in [3.8, 4) is 0 Å². The predicted molar refractivity (Wildman–Crippen MR) is 77.6 cm³/mol. The summed E-state index contributed by atoms with van der Waals surface area (Å²) in [5.41, 5.74) is 2.46. The van der Waals surface area contributed by atoms with Gasteiger partial charge in [0.2, 0.25) is 0 Å². The minimum Gasteiger partial charge on any atom is -0.396 e. The molecule has 1 aromatic rings. The zero-order valence-electron chi connectivity index (χ0n) is 12.9. The third-order valence-electron chi connectivity index (χ3n) is 4.92. The van der Waals surface area contributed by atoms with Crippen LogP contribution in [0.1, 0.15) is 47.9 Å². The van der Waals surface area contributed by atoms with Crippen LogP contribution in [0.25, 0.3) is 0 Å². The van der Waals surface area contributed by atoms with Gasteiger partial charge < -0.3 is 10.0 Å². The van der Waals surface area contributed by atoms with Crippen LogP contribution < -0.4 is 0 Å². The van der Waals surface area contributed by atoms with E-state index in [2.05, 4.69) is 12.0 Å². The van der Waals surface area contributed by atoms with Crippen molar-refractivity contribution in [1.29, 1.82) is 0 Å². The van der Waals surface area contributed by atoms with Crippen molar-refractivity contribution in [2.45, 2.75) is 40.0 Å². The summed E-state index contributed by atoms with van der Waals surface area (Å²) in [6.07, 6.45) is 2.73. The minimum atomic E-state index is 0.00973. The molecule has 1 amide bonds. The van der Waals surface area contributed by atoms with E-state index in [4.69, 9.17) is 0 Å². The van der Waals surface area contributed by atoms with Gasteiger partial charge >= 0.3 is 0 Å². The summed E-state index contributed by atoms with van der Waals surface area (Å²) in [5.74, 6) is 0.0794. The third kappa shape index (κ3) is 2.46. The van der Waals surface area contributed by atoms with E-state index in [-0.39, 0.29) is 17.9 Å². The highest BCUT2D eigenvalue weighted by molar-refractivity contribution is 5.96. The molecule has 0 radical (unpaired) electrons. The summed E-state index contributed by atoms with van der Waals surface area (Å²) in [6.45, 7) is 7.59. The number of aliphatic hydroxyl groups is 1. The van der Waals surface area contributed by atoms with Gasteiger partial charge in [-0.3, -0.25) is 9.48 Å². The molecule has 1 aromatic heterocycles. The molecule has 5 nitrogen and oxygen atoms in total. The lowest BCUT2D eigenvalue weighted by Crippen LogP contribution is -2.44. The standard InChI is InChI=1S/C15H25N3O2/c1-5-15(10-19)6-8-18(9-7-15)14(20)13-11(2)16-17(4)12(13)3/h19H,5-10H2,1-4H3. The summed E-state index contributed by atoms with van der Waals surface area (Å²) in [5, 5.41) is 13.9. The maximum absolute atomic E-state index is 12.7. The molecule has 112 valence electrons. The van der Waals surface area contributed by atoms with Gasteiger partial charge in [-0.2, -0.15) is 5.10 Å². The molecule has 2 heterocycles. The maximum Gasteiger partial charge on any atom is 0.257 e. The van der Waals surface area contributed by atoms with E-state index in [9.17, 15) is 9.90 Å². The number of carbonyl (C=O) groups is 1. The number of rotatable bonds is 3. The molecule has 20 heavy (non-hydrogen) atoms. The largest absolute Gasteiger partial charge is 0.396 e. The van der Waals surface area contributed by atoms with Crippen molar-refractivity contribution < 1.29 is 9.90 Å². The predicted octanol–water partition coefficient (Wildman–Crippen LogP) is 1.66. The maximum atomic E-state index is 12.7. The van der Waals surface area contributed by atoms with Crippen LogP contribution in [0.3, 0.4) is 0 Å². The van der Waals surface area contributed by atoms with Gasteiger partial charge in [-0.25, -0.2) is 0 Å². The van der Waals surface area contributed by atoms with E-state index in [1.807, 2.05) is 25.8 Å². The van der Waals surface area contributed by atoms with Crippen LogP contribution in [0.4, 0.5) is 0 Å². The lowest BCUT2D eigenvalue weighted by molar-refractivity contribution is 0.0337. The number of hydrogen-bond acceptors (Lipinski definition) is 3. The Morgan fingerprint density at radius 1 is 1.35 bits per heavy atom. The summed E-state index contributed by atoms with van der Waals surface area (Å²) < 4.78 is 1.76. The van der Waals surface area contributed by atoms with E-state index >= 15 is 0 Å². The molecule has 0 aliphatic carbocycles. The second-order valence-corrected chi connectivity index (χ2v) is 5.97. The van der Waals surface area contributed by atoms with Crippen molar-refractivity contribution in [2.75, 3.05) is 19.7 Å². The Kier molecular flexibility index (Phi) is 4.18. The second-order valence-electron chi connectivity index (χ2n) is 5.97. The minimum absolute atomic E-state index is 0.00973. The first-order valence-corrected chi connectivity index (χ1v) is 7.34. The fraction of sp³-hybridized carbons (Fsp3) is 0.733. The van der Waals surface area contributed by atoms with E-state index in [1.165, 1.54) is 0 Å². The molecule has 1 aliphatic rings. The highest BCUT2D eigenvalue weighted by atomic mass is 16.3. The van der Waals surface area contributed by atoms with Gasteiger partial charge in [0.25, 0.3) is 5.91 Å². The molecule has 0 unspecified atom stereocenters.